The lowest BCUT2D eigenvalue weighted by Gasteiger charge is -2.27. The van der Waals surface area contributed by atoms with Gasteiger partial charge < -0.3 is 14.3 Å². The van der Waals surface area contributed by atoms with Crippen molar-refractivity contribution in [2.24, 2.45) is 0 Å². The van der Waals surface area contributed by atoms with E-state index in [1.165, 1.54) is 37.6 Å². The van der Waals surface area contributed by atoms with Crippen LogP contribution in [0, 0.1) is 0 Å². The number of halogens is 3. The zero-order valence-electron chi connectivity index (χ0n) is 16.6. The third-order valence-electron chi connectivity index (χ3n) is 5.06. The predicted octanol–water partition coefficient (Wildman–Crippen LogP) is 5.09. The number of furan rings is 1. The fourth-order valence-corrected chi connectivity index (χ4v) is 3.60. The number of hydrogen-bond acceptors (Lipinski definition) is 5. The summed E-state index contributed by atoms with van der Waals surface area (Å²) in [6, 6.07) is 12.1. The number of anilines is 1. The van der Waals surface area contributed by atoms with Crippen molar-refractivity contribution >= 4 is 17.4 Å². The van der Waals surface area contributed by atoms with Gasteiger partial charge in [0.25, 0.3) is 5.91 Å². The Morgan fingerprint density at radius 2 is 1.84 bits per heavy atom. The van der Waals surface area contributed by atoms with Crippen LogP contribution in [0.15, 0.2) is 82.7 Å². The van der Waals surface area contributed by atoms with Crippen molar-refractivity contribution in [1.82, 2.24) is 0 Å². The van der Waals surface area contributed by atoms with E-state index in [9.17, 15) is 27.9 Å². The first-order valence-electron chi connectivity index (χ1n) is 9.38. The Hall–Kier alpha value is -4.01. The van der Waals surface area contributed by atoms with Crippen LogP contribution in [0.2, 0.25) is 0 Å². The van der Waals surface area contributed by atoms with E-state index in [2.05, 4.69) is 0 Å². The van der Waals surface area contributed by atoms with Crippen LogP contribution in [0.4, 0.5) is 18.9 Å². The maximum Gasteiger partial charge on any atom is 0.416 e. The quantitative estimate of drug-likeness (QED) is 0.556. The molecule has 0 fully saturated rings. The van der Waals surface area contributed by atoms with Gasteiger partial charge >= 0.3 is 6.18 Å². The van der Waals surface area contributed by atoms with Crippen molar-refractivity contribution in [3.05, 3.63) is 95.1 Å². The van der Waals surface area contributed by atoms with E-state index in [-0.39, 0.29) is 17.0 Å². The van der Waals surface area contributed by atoms with E-state index in [0.29, 0.717) is 11.3 Å². The van der Waals surface area contributed by atoms with E-state index < -0.39 is 35.2 Å². The van der Waals surface area contributed by atoms with E-state index in [1.807, 2.05) is 0 Å². The summed E-state index contributed by atoms with van der Waals surface area (Å²) in [5.74, 6) is -2.36. The van der Waals surface area contributed by atoms with Crippen LogP contribution in [-0.4, -0.2) is 23.9 Å². The highest BCUT2D eigenvalue weighted by atomic mass is 19.4. The van der Waals surface area contributed by atoms with E-state index in [1.54, 1.807) is 18.2 Å². The number of ether oxygens (including phenoxy) is 1. The van der Waals surface area contributed by atoms with E-state index in [0.717, 1.165) is 23.1 Å². The highest BCUT2D eigenvalue weighted by molar-refractivity contribution is 6.20. The summed E-state index contributed by atoms with van der Waals surface area (Å²) in [6.45, 7) is 0. The van der Waals surface area contributed by atoms with Crippen molar-refractivity contribution in [2.75, 3.05) is 12.0 Å². The number of ketones is 1. The topological polar surface area (TPSA) is 80.0 Å². The monoisotopic (exact) mass is 443 g/mol. The molecule has 2 aromatic carbocycles. The second kappa shape index (κ2) is 7.92. The van der Waals surface area contributed by atoms with Crippen LogP contribution in [0.3, 0.4) is 0 Å². The first-order valence-corrected chi connectivity index (χ1v) is 9.38. The van der Waals surface area contributed by atoms with Crippen LogP contribution < -0.4 is 9.64 Å². The Kier molecular flexibility index (Phi) is 5.25. The molecule has 1 amide bonds. The van der Waals surface area contributed by atoms with Gasteiger partial charge in [0, 0.05) is 5.69 Å². The summed E-state index contributed by atoms with van der Waals surface area (Å²) in [7, 11) is 1.42. The average Bonchev–Trinajstić information content (AvgIpc) is 3.40. The summed E-state index contributed by atoms with van der Waals surface area (Å²) in [5.41, 5.74) is -1.06. The molecule has 4 rings (SSSR count). The minimum absolute atomic E-state index is 0.127. The summed E-state index contributed by atoms with van der Waals surface area (Å²) in [5, 5.41) is 10.6. The van der Waals surface area contributed by atoms with Gasteiger partial charge in [-0.3, -0.25) is 14.5 Å². The summed E-state index contributed by atoms with van der Waals surface area (Å²) in [6.07, 6.45) is -3.39. The lowest BCUT2D eigenvalue weighted by Crippen LogP contribution is -2.31. The summed E-state index contributed by atoms with van der Waals surface area (Å²) >= 11 is 0. The molecule has 32 heavy (non-hydrogen) atoms. The Balaban J connectivity index is 1.90. The molecule has 0 aliphatic carbocycles. The maximum atomic E-state index is 13.3. The lowest BCUT2D eigenvalue weighted by atomic mass is 9.94. The largest absolute Gasteiger partial charge is 0.503 e. The molecule has 1 N–H and O–H groups in total. The number of rotatable bonds is 5. The molecule has 0 saturated carbocycles. The Bertz CT molecular complexity index is 1210. The second-order valence-electron chi connectivity index (χ2n) is 6.97. The normalized spacial score (nSPS) is 16.6. The molecule has 9 heteroatoms. The van der Waals surface area contributed by atoms with Crippen molar-refractivity contribution < 1.29 is 37.0 Å². The van der Waals surface area contributed by atoms with Crippen LogP contribution in [0.5, 0.6) is 5.75 Å². The minimum atomic E-state index is -4.65. The maximum absolute atomic E-state index is 13.3. The van der Waals surface area contributed by atoms with Gasteiger partial charge in [-0.05, 0) is 48.0 Å². The number of methoxy groups -OCH3 is 1. The van der Waals surface area contributed by atoms with Gasteiger partial charge in [0.1, 0.15) is 5.75 Å². The minimum Gasteiger partial charge on any atom is -0.503 e. The van der Waals surface area contributed by atoms with E-state index in [4.69, 9.17) is 9.15 Å². The molecule has 1 unspecified atom stereocenters. The molecule has 0 bridgehead atoms. The standard InChI is InChI=1S/C23H16F3NO5/c1-31-16-8-2-5-13(11-16)19-18(20(28)17-9-4-10-32-17)21(29)22(30)27(19)15-7-3-6-14(12-15)23(24,25)26/h2-12,19,29H,1H3. The Morgan fingerprint density at radius 1 is 1.09 bits per heavy atom. The Morgan fingerprint density at radius 3 is 2.50 bits per heavy atom. The molecule has 1 aliphatic heterocycles. The lowest BCUT2D eigenvalue weighted by molar-refractivity contribution is -0.137. The highest BCUT2D eigenvalue weighted by Crippen LogP contribution is 2.43. The Labute approximate surface area is 180 Å². The van der Waals surface area contributed by atoms with Crippen LogP contribution in [-0.2, 0) is 11.0 Å². The van der Waals surface area contributed by atoms with Crippen molar-refractivity contribution in [2.45, 2.75) is 12.2 Å². The predicted molar refractivity (Wildman–Crippen MR) is 107 cm³/mol. The SMILES string of the molecule is COc1cccc(C2C(C(=O)c3ccco3)=C(O)C(=O)N2c2cccc(C(F)(F)F)c2)c1. The number of alkyl halides is 3. The number of carbonyl (C=O) groups is 2. The molecule has 0 saturated heterocycles. The fourth-order valence-electron chi connectivity index (χ4n) is 3.60. The molecule has 1 aliphatic rings. The first kappa shape index (κ1) is 21.2. The molecule has 0 spiro atoms. The number of aliphatic hydroxyl groups is 1. The first-order chi connectivity index (χ1) is 15.2. The fraction of sp³-hybridized carbons (Fsp3) is 0.130. The van der Waals surface area contributed by atoms with Crippen molar-refractivity contribution in [1.29, 1.82) is 0 Å². The van der Waals surface area contributed by atoms with Gasteiger partial charge in [-0.1, -0.05) is 18.2 Å². The average molecular weight is 443 g/mol. The number of amides is 1. The number of nitrogens with zero attached hydrogens (tertiary/aromatic N) is 1. The third kappa shape index (κ3) is 3.62. The van der Waals surface area contributed by atoms with Gasteiger partial charge in [0.05, 0.1) is 30.6 Å². The van der Waals surface area contributed by atoms with E-state index >= 15 is 0 Å². The van der Waals surface area contributed by atoms with Crippen molar-refractivity contribution in [3.63, 3.8) is 0 Å². The molecular formula is C23H16F3NO5. The molecule has 164 valence electrons. The molecular weight excluding hydrogens is 427 g/mol. The third-order valence-corrected chi connectivity index (χ3v) is 5.06. The van der Waals surface area contributed by atoms with Crippen molar-refractivity contribution in [3.8, 4) is 5.75 Å². The van der Waals surface area contributed by atoms with Crippen LogP contribution >= 0.6 is 0 Å². The van der Waals surface area contributed by atoms with Crippen LogP contribution in [0.25, 0.3) is 0 Å². The second-order valence-corrected chi connectivity index (χ2v) is 6.97. The van der Waals surface area contributed by atoms with Crippen LogP contribution in [0.1, 0.15) is 27.7 Å². The molecule has 1 atom stereocenters. The van der Waals surface area contributed by atoms with Gasteiger partial charge in [0.15, 0.2) is 11.5 Å². The molecule has 0 radical (unpaired) electrons. The van der Waals surface area contributed by atoms with Gasteiger partial charge in [-0.25, -0.2) is 0 Å². The number of benzene rings is 2. The molecule has 3 aromatic rings. The summed E-state index contributed by atoms with van der Waals surface area (Å²) < 4.78 is 50.2. The summed E-state index contributed by atoms with van der Waals surface area (Å²) in [4.78, 5) is 27.1. The number of carbonyl (C=O) groups excluding carboxylic acids is 2. The zero-order valence-corrected chi connectivity index (χ0v) is 16.6. The van der Waals surface area contributed by atoms with Gasteiger partial charge in [0.2, 0.25) is 5.78 Å². The number of Topliss-reactive ketones (excluding diaryl/α,β-unsaturated/α-hetero) is 1. The number of hydrogen-bond donors (Lipinski definition) is 1. The molecule has 1 aromatic heterocycles. The highest BCUT2D eigenvalue weighted by Gasteiger charge is 2.46. The number of aliphatic hydroxyl groups excluding tert-OH is 1. The zero-order chi connectivity index (χ0) is 23.0. The van der Waals surface area contributed by atoms with Gasteiger partial charge in [-0.2, -0.15) is 13.2 Å². The smallest absolute Gasteiger partial charge is 0.416 e. The van der Waals surface area contributed by atoms with Gasteiger partial charge in [-0.15, -0.1) is 0 Å². The molecule has 2 heterocycles. The molecule has 6 nitrogen and oxygen atoms in total.